The number of hydrogen-bond acceptors (Lipinski definition) is 2. The molecule has 1 unspecified atom stereocenters. The second kappa shape index (κ2) is 6.69. The highest BCUT2D eigenvalue weighted by Gasteiger charge is 2.24. The van der Waals surface area contributed by atoms with Crippen LogP contribution in [0.4, 0.5) is 0 Å². The largest absolute Gasteiger partial charge is 0.481 e. The Labute approximate surface area is 135 Å². The third kappa shape index (κ3) is 4.22. The third-order valence-electron chi connectivity index (χ3n) is 3.80. The van der Waals surface area contributed by atoms with Gasteiger partial charge in [0.25, 0.3) is 0 Å². The fraction of sp³-hybridized carbons (Fsp3) is 0.333. The maximum absolute atomic E-state index is 11.4. The van der Waals surface area contributed by atoms with Crippen LogP contribution in [-0.2, 0) is 16.0 Å². The minimum atomic E-state index is -0.975. The van der Waals surface area contributed by atoms with Crippen molar-refractivity contribution in [1.29, 1.82) is 0 Å². The molecule has 0 bridgehead atoms. The van der Waals surface area contributed by atoms with E-state index in [9.17, 15) is 14.7 Å². The van der Waals surface area contributed by atoms with Crippen LogP contribution in [0.1, 0.15) is 26.3 Å². The summed E-state index contributed by atoms with van der Waals surface area (Å²) in [7, 11) is 0. The van der Waals surface area contributed by atoms with Crippen molar-refractivity contribution in [2.75, 3.05) is 0 Å². The van der Waals surface area contributed by atoms with Crippen molar-refractivity contribution in [2.45, 2.75) is 33.2 Å². The lowest BCUT2D eigenvalue weighted by atomic mass is 9.92. The Kier molecular flexibility index (Phi) is 4.89. The second-order valence-electron chi connectivity index (χ2n) is 6.26. The molecule has 0 saturated heterocycles. The Morgan fingerprint density at radius 1 is 1.35 bits per heavy atom. The topological polar surface area (TPSA) is 82.2 Å². The van der Waals surface area contributed by atoms with Gasteiger partial charge in [-0.05, 0) is 31.9 Å². The summed E-state index contributed by atoms with van der Waals surface area (Å²) in [4.78, 5) is 25.8. The van der Waals surface area contributed by atoms with Gasteiger partial charge in [-0.2, -0.15) is 0 Å². The van der Waals surface area contributed by atoms with Crippen LogP contribution in [0.5, 0.6) is 0 Å². The van der Waals surface area contributed by atoms with E-state index in [1.807, 2.05) is 30.5 Å². The first kappa shape index (κ1) is 16.8. The molecule has 0 radical (unpaired) electrons. The Hall–Kier alpha value is -2.56. The number of aromatic nitrogens is 1. The van der Waals surface area contributed by atoms with E-state index in [-0.39, 0.29) is 11.9 Å². The van der Waals surface area contributed by atoms with Crippen molar-refractivity contribution >= 4 is 22.8 Å². The number of amides is 1. The number of hydrogen-bond donors (Lipinski definition) is 3. The fourth-order valence-electron chi connectivity index (χ4n) is 2.39. The monoisotopic (exact) mass is 314 g/mol. The summed E-state index contributed by atoms with van der Waals surface area (Å²) in [5, 5.41) is 13.2. The number of aliphatic carboxylic acids is 1. The number of benzene rings is 1. The minimum Gasteiger partial charge on any atom is -0.481 e. The highest BCUT2D eigenvalue weighted by molar-refractivity contribution is 5.83. The van der Waals surface area contributed by atoms with E-state index < -0.39 is 11.4 Å². The molecule has 1 amide bonds. The molecule has 23 heavy (non-hydrogen) atoms. The molecule has 2 rings (SSSR count). The number of carboxylic acids is 1. The van der Waals surface area contributed by atoms with Crippen molar-refractivity contribution in [3.05, 3.63) is 48.2 Å². The van der Waals surface area contributed by atoms with Crippen molar-refractivity contribution in [3.63, 3.8) is 0 Å². The molecule has 122 valence electrons. The van der Waals surface area contributed by atoms with E-state index in [1.54, 1.807) is 26.0 Å². The number of carbonyl (C=O) groups excluding carboxylic acids is 1. The Morgan fingerprint density at radius 3 is 2.70 bits per heavy atom. The molecule has 0 aliphatic rings. The van der Waals surface area contributed by atoms with Crippen LogP contribution in [0.3, 0.4) is 0 Å². The standard InChI is InChI=1S/C18H22N2O3/c1-12(21)20-14(8-9-18(2,3)17(22)23)10-13-11-19-16-7-5-4-6-15(13)16/h4-9,11,14,19H,10H2,1-3H3,(H,20,21)(H,22,23)/b9-8+. The number of H-pyrrole nitrogens is 1. The lowest BCUT2D eigenvalue weighted by molar-refractivity contribution is -0.144. The molecule has 0 aliphatic carbocycles. The van der Waals surface area contributed by atoms with Crippen molar-refractivity contribution in [3.8, 4) is 0 Å². The molecule has 1 aromatic heterocycles. The average Bonchev–Trinajstić information content (AvgIpc) is 2.87. The maximum atomic E-state index is 11.4. The summed E-state index contributed by atoms with van der Waals surface area (Å²) in [6.45, 7) is 4.71. The van der Waals surface area contributed by atoms with Crippen LogP contribution in [-0.4, -0.2) is 28.0 Å². The third-order valence-corrected chi connectivity index (χ3v) is 3.80. The molecule has 3 N–H and O–H groups in total. The van der Waals surface area contributed by atoms with Gasteiger partial charge in [-0.1, -0.05) is 30.4 Å². The number of aromatic amines is 1. The molecular formula is C18H22N2O3. The van der Waals surface area contributed by atoms with E-state index in [0.717, 1.165) is 16.5 Å². The smallest absolute Gasteiger partial charge is 0.312 e. The quantitative estimate of drug-likeness (QED) is 0.717. The number of para-hydroxylation sites is 1. The zero-order valence-corrected chi connectivity index (χ0v) is 13.6. The highest BCUT2D eigenvalue weighted by Crippen LogP contribution is 2.21. The first-order valence-corrected chi connectivity index (χ1v) is 7.54. The first-order chi connectivity index (χ1) is 10.8. The Balaban J connectivity index is 2.24. The molecule has 1 aromatic carbocycles. The molecule has 1 heterocycles. The highest BCUT2D eigenvalue weighted by atomic mass is 16.4. The maximum Gasteiger partial charge on any atom is 0.312 e. The predicted octanol–water partition coefficient (Wildman–Crippen LogP) is 2.88. The van der Waals surface area contributed by atoms with Crippen LogP contribution >= 0.6 is 0 Å². The Bertz CT molecular complexity index is 744. The van der Waals surface area contributed by atoms with Crippen LogP contribution in [0.25, 0.3) is 10.9 Å². The van der Waals surface area contributed by atoms with Gasteiger partial charge < -0.3 is 15.4 Å². The molecule has 0 saturated carbocycles. The molecule has 5 heteroatoms. The predicted molar refractivity (Wildman–Crippen MR) is 90.2 cm³/mol. The lowest BCUT2D eigenvalue weighted by Gasteiger charge is -2.17. The summed E-state index contributed by atoms with van der Waals surface area (Å²) in [6, 6.07) is 7.69. The zero-order chi connectivity index (χ0) is 17.0. The molecule has 2 aromatic rings. The summed E-state index contributed by atoms with van der Waals surface area (Å²) in [5.41, 5.74) is 1.15. The van der Waals surface area contributed by atoms with Crippen LogP contribution in [0.15, 0.2) is 42.6 Å². The molecule has 0 fully saturated rings. The average molecular weight is 314 g/mol. The van der Waals surface area contributed by atoms with E-state index in [1.165, 1.54) is 6.92 Å². The number of fused-ring (bicyclic) bond motifs is 1. The number of rotatable bonds is 6. The van der Waals surface area contributed by atoms with Gasteiger partial charge in [0.2, 0.25) is 5.91 Å². The second-order valence-corrected chi connectivity index (χ2v) is 6.26. The van der Waals surface area contributed by atoms with Gasteiger partial charge in [0.05, 0.1) is 11.5 Å². The molecular weight excluding hydrogens is 292 g/mol. The van der Waals surface area contributed by atoms with Crippen molar-refractivity contribution < 1.29 is 14.7 Å². The van der Waals surface area contributed by atoms with Gasteiger partial charge in [0.15, 0.2) is 0 Å². The van der Waals surface area contributed by atoms with E-state index in [2.05, 4.69) is 10.3 Å². The molecule has 0 aliphatic heterocycles. The van der Waals surface area contributed by atoms with E-state index in [4.69, 9.17) is 0 Å². The van der Waals surface area contributed by atoms with Crippen LogP contribution < -0.4 is 5.32 Å². The SMILES string of the molecule is CC(=O)NC(/C=C/C(C)(C)C(=O)O)Cc1c[nH]c2ccccc12. The van der Waals surface area contributed by atoms with Crippen LogP contribution in [0, 0.1) is 5.41 Å². The molecule has 5 nitrogen and oxygen atoms in total. The summed E-state index contributed by atoms with van der Waals surface area (Å²) < 4.78 is 0. The van der Waals surface area contributed by atoms with E-state index >= 15 is 0 Å². The summed E-state index contributed by atoms with van der Waals surface area (Å²) in [6.07, 6.45) is 5.91. The molecule has 0 spiro atoms. The zero-order valence-electron chi connectivity index (χ0n) is 13.6. The lowest BCUT2D eigenvalue weighted by Crippen LogP contribution is -2.34. The van der Waals surface area contributed by atoms with Gasteiger partial charge in [-0.15, -0.1) is 0 Å². The normalized spacial score (nSPS) is 13.3. The fourth-order valence-corrected chi connectivity index (χ4v) is 2.39. The summed E-state index contributed by atoms with van der Waals surface area (Å²) >= 11 is 0. The number of carboxylic acid groups (broad SMARTS) is 1. The number of nitrogens with one attached hydrogen (secondary N) is 2. The van der Waals surface area contributed by atoms with Gasteiger partial charge >= 0.3 is 5.97 Å². The van der Waals surface area contributed by atoms with Crippen molar-refractivity contribution in [2.24, 2.45) is 5.41 Å². The van der Waals surface area contributed by atoms with Gasteiger partial charge in [0.1, 0.15) is 0 Å². The van der Waals surface area contributed by atoms with Gasteiger partial charge in [0, 0.05) is 24.0 Å². The molecule has 1 atom stereocenters. The van der Waals surface area contributed by atoms with Gasteiger partial charge in [-0.25, -0.2) is 0 Å². The first-order valence-electron chi connectivity index (χ1n) is 7.54. The minimum absolute atomic E-state index is 0.146. The van der Waals surface area contributed by atoms with Crippen LogP contribution in [0.2, 0.25) is 0 Å². The summed E-state index contributed by atoms with van der Waals surface area (Å²) in [5.74, 6) is -1.05. The van der Waals surface area contributed by atoms with Gasteiger partial charge in [-0.3, -0.25) is 9.59 Å². The number of carbonyl (C=O) groups is 2. The Morgan fingerprint density at radius 2 is 2.04 bits per heavy atom. The van der Waals surface area contributed by atoms with E-state index in [0.29, 0.717) is 6.42 Å². The van der Waals surface area contributed by atoms with Crippen molar-refractivity contribution in [1.82, 2.24) is 10.3 Å².